The Morgan fingerprint density at radius 3 is 2.47 bits per heavy atom. The summed E-state index contributed by atoms with van der Waals surface area (Å²) in [5, 5.41) is 3.05. The van der Waals surface area contributed by atoms with E-state index in [-0.39, 0.29) is 5.91 Å². The molecule has 19 heavy (non-hydrogen) atoms. The zero-order valence-electron chi connectivity index (χ0n) is 13.0. The van der Waals surface area contributed by atoms with Gasteiger partial charge in [-0.15, -0.1) is 0 Å². The molecule has 1 amide bonds. The van der Waals surface area contributed by atoms with E-state index >= 15 is 0 Å². The van der Waals surface area contributed by atoms with Gasteiger partial charge in [-0.25, -0.2) is 0 Å². The zero-order chi connectivity index (χ0) is 14.4. The molecule has 2 unspecified atom stereocenters. The van der Waals surface area contributed by atoms with E-state index in [4.69, 9.17) is 5.73 Å². The van der Waals surface area contributed by atoms with Gasteiger partial charge in [0.15, 0.2) is 0 Å². The minimum atomic E-state index is 0.146. The van der Waals surface area contributed by atoms with Crippen LogP contribution in [0.25, 0.3) is 0 Å². The third-order valence-corrected chi connectivity index (χ3v) is 4.02. The smallest absolute Gasteiger partial charge is 0.220 e. The summed E-state index contributed by atoms with van der Waals surface area (Å²) in [6, 6.07) is 1.16. The summed E-state index contributed by atoms with van der Waals surface area (Å²) in [7, 11) is 2.15. The number of carbonyl (C=O) groups excluding carboxylic acids is 1. The Morgan fingerprint density at radius 1 is 1.37 bits per heavy atom. The largest absolute Gasteiger partial charge is 0.355 e. The van der Waals surface area contributed by atoms with Crippen LogP contribution in [-0.4, -0.2) is 43.0 Å². The van der Waals surface area contributed by atoms with Gasteiger partial charge in [-0.2, -0.15) is 0 Å². The summed E-state index contributed by atoms with van der Waals surface area (Å²) in [6.07, 6.45) is 4.20. The summed E-state index contributed by atoms with van der Waals surface area (Å²) < 4.78 is 0. The zero-order valence-corrected chi connectivity index (χ0v) is 13.0. The lowest BCUT2D eigenvalue weighted by molar-refractivity contribution is -0.122. The molecule has 0 saturated heterocycles. The molecule has 2 atom stereocenters. The second kappa shape index (κ2) is 7.85. The summed E-state index contributed by atoms with van der Waals surface area (Å²) in [5.41, 5.74) is 5.73. The molecule has 0 aliphatic heterocycles. The first-order valence-electron chi connectivity index (χ1n) is 7.62. The lowest BCUT2D eigenvalue weighted by atomic mass is 9.94. The van der Waals surface area contributed by atoms with Crippen LogP contribution in [0.5, 0.6) is 0 Å². The SMILES string of the molecule is CC(C)CC(CN)CC(=O)NCC(C)N(C)C1CC1. The van der Waals surface area contributed by atoms with E-state index < -0.39 is 0 Å². The number of likely N-dealkylation sites (N-methyl/N-ethyl adjacent to an activating group) is 1. The van der Waals surface area contributed by atoms with Gasteiger partial charge in [0, 0.05) is 25.0 Å². The quantitative estimate of drug-likeness (QED) is 0.668. The molecule has 1 rings (SSSR count). The van der Waals surface area contributed by atoms with Crippen LogP contribution in [-0.2, 0) is 4.79 Å². The van der Waals surface area contributed by atoms with Crippen LogP contribution in [0.2, 0.25) is 0 Å². The van der Waals surface area contributed by atoms with Gasteiger partial charge in [0.2, 0.25) is 5.91 Å². The van der Waals surface area contributed by atoms with Gasteiger partial charge in [-0.05, 0) is 51.6 Å². The molecule has 4 heteroatoms. The van der Waals surface area contributed by atoms with Crippen molar-refractivity contribution in [1.82, 2.24) is 10.2 Å². The molecule has 1 aliphatic rings. The maximum atomic E-state index is 11.9. The summed E-state index contributed by atoms with van der Waals surface area (Å²) >= 11 is 0. The van der Waals surface area contributed by atoms with Gasteiger partial charge in [0.1, 0.15) is 0 Å². The van der Waals surface area contributed by atoms with Crippen LogP contribution in [0.3, 0.4) is 0 Å². The highest BCUT2D eigenvalue weighted by atomic mass is 16.1. The fourth-order valence-electron chi connectivity index (χ4n) is 2.51. The van der Waals surface area contributed by atoms with E-state index in [0.717, 1.165) is 19.0 Å². The van der Waals surface area contributed by atoms with Crippen molar-refractivity contribution in [3.8, 4) is 0 Å². The predicted molar refractivity (Wildman–Crippen MR) is 79.9 cm³/mol. The van der Waals surface area contributed by atoms with Gasteiger partial charge in [-0.3, -0.25) is 9.69 Å². The number of nitrogens with two attached hydrogens (primary N) is 1. The second-order valence-corrected chi connectivity index (χ2v) is 6.49. The number of nitrogens with one attached hydrogen (secondary N) is 1. The number of amides is 1. The minimum absolute atomic E-state index is 0.146. The lowest BCUT2D eigenvalue weighted by Gasteiger charge is -2.25. The number of hydrogen-bond acceptors (Lipinski definition) is 3. The van der Waals surface area contributed by atoms with Crippen LogP contribution < -0.4 is 11.1 Å². The van der Waals surface area contributed by atoms with Gasteiger partial charge in [0.25, 0.3) is 0 Å². The molecule has 0 bridgehead atoms. The average Bonchev–Trinajstić information content (AvgIpc) is 3.17. The van der Waals surface area contributed by atoms with Gasteiger partial charge in [0.05, 0.1) is 0 Å². The minimum Gasteiger partial charge on any atom is -0.355 e. The van der Waals surface area contributed by atoms with Crippen molar-refractivity contribution < 1.29 is 4.79 Å². The standard InChI is InChI=1S/C15H31N3O/c1-11(2)7-13(9-16)8-15(19)17-10-12(3)18(4)14-5-6-14/h11-14H,5-10,16H2,1-4H3,(H,17,19). The summed E-state index contributed by atoms with van der Waals surface area (Å²) in [6.45, 7) is 7.86. The second-order valence-electron chi connectivity index (χ2n) is 6.49. The van der Waals surface area contributed by atoms with Crippen LogP contribution in [0.4, 0.5) is 0 Å². The van der Waals surface area contributed by atoms with Crippen molar-refractivity contribution in [2.75, 3.05) is 20.1 Å². The molecule has 4 nitrogen and oxygen atoms in total. The molecule has 112 valence electrons. The molecular formula is C15H31N3O. The van der Waals surface area contributed by atoms with E-state index in [9.17, 15) is 4.79 Å². The highest BCUT2D eigenvalue weighted by Gasteiger charge is 2.29. The number of hydrogen-bond donors (Lipinski definition) is 2. The highest BCUT2D eigenvalue weighted by molar-refractivity contribution is 5.76. The van der Waals surface area contributed by atoms with E-state index in [2.05, 4.69) is 38.0 Å². The molecular weight excluding hydrogens is 238 g/mol. The summed E-state index contributed by atoms with van der Waals surface area (Å²) in [5.74, 6) is 1.06. The molecule has 0 aromatic carbocycles. The van der Waals surface area contributed by atoms with Crippen LogP contribution in [0.15, 0.2) is 0 Å². The molecule has 3 N–H and O–H groups in total. The van der Waals surface area contributed by atoms with Crippen molar-refractivity contribution in [1.29, 1.82) is 0 Å². The maximum Gasteiger partial charge on any atom is 0.220 e. The van der Waals surface area contributed by atoms with Crippen LogP contribution in [0, 0.1) is 11.8 Å². The monoisotopic (exact) mass is 269 g/mol. The van der Waals surface area contributed by atoms with Gasteiger partial charge >= 0.3 is 0 Å². The summed E-state index contributed by atoms with van der Waals surface area (Å²) in [4.78, 5) is 14.3. The molecule has 1 saturated carbocycles. The first-order chi connectivity index (χ1) is 8.93. The van der Waals surface area contributed by atoms with E-state index in [1.807, 2.05) is 0 Å². The van der Waals surface area contributed by atoms with Crippen LogP contribution >= 0.6 is 0 Å². The maximum absolute atomic E-state index is 11.9. The fourth-order valence-corrected chi connectivity index (χ4v) is 2.51. The Morgan fingerprint density at radius 2 is 2.00 bits per heavy atom. The highest BCUT2D eigenvalue weighted by Crippen LogP contribution is 2.26. The van der Waals surface area contributed by atoms with E-state index in [1.54, 1.807) is 0 Å². The number of nitrogens with zero attached hydrogens (tertiary/aromatic N) is 1. The van der Waals surface area contributed by atoms with Gasteiger partial charge < -0.3 is 11.1 Å². The molecule has 0 aromatic rings. The van der Waals surface area contributed by atoms with Gasteiger partial charge in [-0.1, -0.05) is 13.8 Å². The number of rotatable bonds is 9. The number of carbonyl (C=O) groups is 1. The average molecular weight is 269 g/mol. The molecule has 0 aromatic heterocycles. The Labute approximate surface area is 118 Å². The third kappa shape index (κ3) is 6.39. The topological polar surface area (TPSA) is 58.4 Å². The van der Waals surface area contributed by atoms with Crippen molar-refractivity contribution >= 4 is 5.91 Å². The van der Waals surface area contributed by atoms with Crippen molar-refractivity contribution in [2.45, 2.75) is 58.5 Å². The third-order valence-electron chi connectivity index (χ3n) is 4.02. The van der Waals surface area contributed by atoms with E-state index in [1.165, 1.54) is 12.8 Å². The molecule has 0 spiro atoms. The molecule has 0 heterocycles. The Kier molecular flexibility index (Phi) is 6.80. The normalized spacial score (nSPS) is 18.7. The molecule has 1 fully saturated rings. The molecule has 1 aliphatic carbocycles. The Hall–Kier alpha value is -0.610. The predicted octanol–water partition coefficient (Wildman–Crippen LogP) is 1.60. The molecule has 0 radical (unpaired) electrons. The Balaban J connectivity index is 2.22. The van der Waals surface area contributed by atoms with Crippen molar-refractivity contribution in [3.05, 3.63) is 0 Å². The lowest BCUT2D eigenvalue weighted by Crippen LogP contribution is -2.41. The van der Waals surface area contributed by atoms with Crippen molar-refractivity contribution in [2.24, 2.45) is 17.6 Å². The Bertz CT molecular complexity index is 277. The first kappa shape index (κ1) is 16.4. The fraction of sp³-hybridized carbons (Fsp3) is 0.933. The van der Waals surface area contributed by atoms with Crippen molar-refractivity contribution in [3.63, 3.8) is 0 Å². The van der Waals surface area contributed by atoms with E-state index in [0.29, 0.717) is 30.8 Å². The first-order valence-corrected chi connectivity index (χ1v) is 7.62. The van der Waals surface area contributed by atoms with Crippen LogP contribution in [0.1, 0.15) is 46.5 Å².